The van der Waals surface area contributed by atoms with Gasteiger partial charge in [0.15, 0.2) is 0 Å². The third-order valence-electron chi connectivity index (χ3n) is 4.20. The van der Waals surface area contributed by atoms with Crippen molar-refractivity contribution in [2.45, 2.75) is 25.2 Å². The highest BCUT2D eigenvalue weighted by Crippen LogP contribution is 2.15. The van der Waals surface area contributed by atoms with E-state index in [4.69, 9.17) is 0 Å². The van der Waals surface area contributed by atoms with Crippen molar-refractivity contribution >= 4 is 10.0 Å². The molecule has 0 spiro atoms. The molecule has 0 bridgehead atoms. The maximum Gasteiger partial charge on any atom is 0.240 e. The maximum atomic E-state index is 12.4. The average Bonchev–Trinajstić information content (AvgIpc) is 3.12. The van der Waals surface area contributed by atoms with E-state index in [1.54, 1.807) is 23.0 Å². The van der Waals surface area contributed by atoms with E-state index >= 15 is 0 Å². The molecule has 0 aliphatic heterocycles. The molecule has 2 aromatic carbocycles. The molecule has 130 valence electrons. The van der Waals surface area contributed by atoms with E-state index < -0.39 is 10.0 Å². The summed E-state index contributed by atoms with van der Waals surface area (Å²) in [6.45, 7) is 4.23. The van der Waals surface area contributed by atoms with Crippen LogP contribution in [0.3, 0.4) is 0 Å². The Balaban J connectivity index is 1.61. The molecule has 0 aliphatic carbocycles. The Morgan fingerprint density at radius 3 is 2.44 bits per heavy atom. The molecule has 0 unspecified atom stereocenters. The molecule has 25 heavy (non-hydrogen) atoms. The molecule has 0 aliphatic rings. The van der Waals surface area contributed by atoms with Crippen LogP contribution >= 0.6 is 0 Å². The van der Waals surface area contributed by atoms with Crippen LogP contribution in [0, 0.1) is 13.8 Å². The van der Waals surface area contributed by atoms with Crippen molar-refractivity contribution in [1.29, 1.82) is 0 Å². The fraction of sp³-hybridized carbons (Fsp3) is 0.211. The maximum absolute atomic E-state index is 12.4. The number of rotatable bonds is 6. The Morgan fingerprint density at radius 2 is 1.80 bits per heavy atom. The molecular formula is C19H21N3O2S. The summed E-state index contributed by atoms with van der Waals surface area (Å²) in [7, 11) is -3.48. The Morgan fingerprint density at radius 1 is 1.04 bits per heavy atom. The van der Waals surface area contributed by atoms with Crippen LogP contribution in [0.15, 0.2) is 65.8 Å². The first-order valence-corrected chi connectivity index (χ1v) is 9.60. The van der Waals surface area contributed by atoms with E-state index in [2.05, 4.69) is 9.82 Å². The van der Waals surface area contributed by atoms with Gasteiger partial charge in [0.05, 0.1) is 10.6 Å². The largest absolute Gasteiger partial charge is 0.241 e. The van der Waals surface area contributed by atoms with Gasteiger partial charge >= 0.3 is 0 Å². The van der Waals surface area contributed by atoms with Crippen LogP contribution in [-0.4, -0.2) is 24.7 Å². The normalized spacial score (nSPS) is 11.6. The van der Waals surface area contributed by atoms with Gasteiger partial charge in [0.2, 0.25) is 10.0 Å². The molecule has 1 heterocycles. The number of nitrogens with zero attached hydrogens (tertiary/aromatic N) is 2. The van der Waals surface area contributed by atoms with Gasteiger partial charge in [-0.1, -0.05) is 18.2 Å². The molecule has 0 radical (unpaired) electrons. The van der Waals surface area contributed by atoms with Crippen molar-refractivity contribution in [3.63, 3.8) is 0 Å². The molecule has 0 saturated carbocycles. The monoisotopic (exact) mass is 355 g/mol. The van der Waals surface area contributed by atoms with Gasteiger partial charge in [-0.05, 0) is 67.3 Å². The van der Waals surface area contributed by atoms with E-state index in [1.165, 1.54) is 0 Å². The lowest BCUT2D eigenvalue weighted by molar-refractivity contribution is 0.581. The highest BCUT2D eigenvalue weighted by molar-refractivity contribution is 7.89. The standard InChI is InChI=1S/C19H21N3O2S/c1-15-4-9-19(14-16(15)2)25(23,24)21-12-10-17-5-7-18(8-6-17)22-13-3-11-20-22/h3-9,11,13-14,21H,10,12H2,1-2H3. The van der Waals surface area contributed by atoms with Crippen LogP contribution < -0.4 is 4.72 Å². The molecule has 0 fully saturated rings. The van der Waals surface area contributed by atoms with Gasteiger partial charge in [-0.25, -0.2) is 17.8 Å². The number of hydrogen-bond donors (Lipinski definition) is 1. The predicted octanol–water partition coefficient (Wildman–Crippen LogP) is 3.01. The molecule has 0 atom stereocenters. The summed E-state index contributed by atoms with van der Waals surface area (Å²) in [6, 6.07) is 15.0. The molecule has 1 aromatic heterocycles. The summed E-state index contributed by atoms with van der Waals surface area (Å²) in [4.78, 5) is 0.310. The van der Waals surface area contributed by atoms with Crippen LogP contribution in [-0.2, 0) is 16.4 Å². The van der Waals surface area contributed by atoms with Gasteiger partial charge < -0.3 is 0 Å². The minimum absolute atomic E-state index is 0.310. The molecule has 5 nitrogen and oxygen atoms in total. The number of nitrogens with one attached hydrogen (secondary N) is 1. The van der Waals surface area contributed by atoms with Gasteiger partial charge in [0.1, 0.15) is 0 Å². The molecule has 0 amide bonds. The van der Waals surface area contributed by atoms with Gasteiger partial charge in [-0.3, -0.25) is 0 Å². The second-order valence-corrected chi connectivity index (χ2v) is 7.78. The van der Waals surface area contributed by atoms with Crippen LogP contribution in [0.4, 0.5) is 0 Å². The van der Waals surface area contributed by atoms with Crippen molar-refractivity contribution in [3.05, 3.63) is 77.6 Å². The number of benzene rings is 2. The smallest absolute Gasteiger partial charge is 0.240 e. The van der Waals surface area contributed by atoms with Crippen molar-refractivity contribution < 1.29 is 8.42 Å². The van der Waals surface area contributed by atoms with E-state index in [0.717, 1.165) is 22.4 Å². The molecule has 6 heteroatoms. The summed E-state index contributed by atoms with van der Waals surface area (Å²) in [5.74, 6) is 0. The summed E-state index contributed by atoms with van der Waals surface area (Å²) >= 11 is 0. The molecule has 3 aromatic rings. The lowest BCUT2D eigenvalue weighted by Gasteiger charge is -2.09. The van der Waals surface area contributed by atoms with E-state index in [1.807, 2.05) is 56.4 Å². The topological polar surface area (TPSA) is 64.0 Å². The van der Waals surface area contributed by atoms with Crippen molar-refractivity contribution in [3.8, 4) is 5.69 Å². The summed E-state index contributed by atoms with van der Waals surface area (Å²) < 4.78 is 29.2. The minimum Gasteiger partial charge on any atom is -0.241 e. The quantitative estimate of drug-likeness (QED) is 0.739. The van der Waals surface area contributed by atoms with E-state index in [9.17, 15) is 8.42 Å². The van der Waals surface area contributed by atoms with Crippen molar-refractivity contribution in [2.75, 3.05) is 6.54 Å². The number of aromatic nitrogens is 2. The first-order chi connectivity index (χ1) is 12.0. The molecule has 3 rings (SSSR count). The molecular weight excluding hydrogens is 334 g/mol. The fourth-order valence-corrected chi connectivity index (χ4v) is 3.65. The van der Waals surface area contributed by atoms with Crippen LogP contribution in [0.5, 0.6) is 0 Å². The SMILES string of the molecule is Cc1ccc(S(=O)(=O)NCCc2ccc(-n3cccn3)cc2)cc1C. The van der Waals surface area contributed by atoms with Crippen molar-refractivity contribution in [1.82, 2.24) is 14.5 Å². The average molecular weight is 355 g/mol. The number of aryl methyl sites for hydroxylation is 2. The van der Waals surface area contributed by atoms with Crippen LogP contribution in [0.25, 0.3) is 5.69 Å². The molecule has 0 saturated heterocycles. The van der Waals surface area contributed by atoms with Gasteiger partial charge in [-0.2, -0.15) is 5.10 Å². The van der Waals surface area contributed by atoms with E-state index in [-0.39, 0.29) is 0 Å². The lowest BCUT2D eigenvalue weighted by atomic mass is 10.1. The fourth-order valence-electron chi connectivity index (χ4n) is 2.53. The third-order valence-corrected chi connectivity index (χ3v) is 5.66. The zero-order chi connectivity index (χ0) is 17.9. The first kappa shape index (κ1) is 17.4. The molecule has 1 N–H and O–H groups in total. The zero-order valence-electron chi connectivity index (χ0n) is 14.3. The summed E-state index contributed by atoms with van der Waals surface area (Å²) in [5.41, 5.74) is 4.09. The van der Waals surface area contributed by atoms with Crippen molar-refractivity contribution in [2.24, 2.45) is 0 Å². The number of hydrogen-bond acceptors (Lipinski definition) is 3. The Bertz CT molecular complexity index is 947. The lowest BCUT2D eigenvalue weighted by Crippen LogP contribution is -2.26. The van der Waals surface area contributed by atoms with Crippen LogP contribution in [0.2, 0.25) is 0 Å². The second kappa shape index (κ2) is 7.21. The van der Waals surface area contributed by atoms with Gasteiger partial charge in [-0.15, -0.1) is 0 Å². The van der Waals surface area contributed by atoms with Gasteiger partial charge in [0.25, 0.3) is 0 Å². The predicted molar refractivity (Wildman–Crippen MR) is 98.4 cm³/mol. The minimum atomic E-state index is -3.48. The van der Waals surface area contributed by atoms with Crippen LogP contribution in [0.1, 0.15) is 16.7 Å². The van der Waals surface area contributed by atoms with E-state index in [0.29, 0.717) is 17.9 Å². The Hall–Kier alpha value is -2.44. The number of sulfonamides is 1. The first-order valence-electron chi connectivity index (χ1n) is 8.11. The summed E-state index contributed by atoms with van der Waals surface area (Å²) in [5, 5.41) is 4.18. The van der Waals surface area contributed by atoms with Gasteiger partial charge in [0, 0.05) is 18.9 Å². The second-order valence-electron chi connectivity index (χ2n) is 6.01. The Kier molecular flexibility index (Phi) is 5.01. The summed E-state index contributed by atoms with van der Waals surface area (Å²) in [6.07, 6.45) is 4.24. The highest BCUT2D eigenvalue weighted by Gasteiger charge is 2.13. The zero-order valence-corrected chi connectivity index (χ0v) is 15.1. The third kappa shape index (κ3) is 4.15. The highest BCUT2D eigenvalue weighted by atomic mass is 32.2. The Labute approximate surface area is 148 Å².